The van der Waals surface area contributed by atoms with Crippen LogP contribution in [0.25, 0.3) is 0 Å². The SMILES string of the molecule is CCCC(N)CCN(CCCN)N(C)C. The summed E-state index contributed by atoms with van der Waals surface area (Å²) in [5.41, 5.74) is 11.5. The highest BCUT2D eigenvalue weighted by atomic mass is 15.6. The van der Waals surface area contributed by atoms with Crippen LogP contribution in [0.15, 0.2) is 0 Å². The van der Waals surface area contributed by atoms with Crippen LogP contribution in [0.5, 0.6) is 0 Å². The van der Waals surface area contributed by atoms with Crippen LogP contribution in [0.4, 0.5) is 0 Å². The maximum atomic E-state index is 5.99. The molecule has 0 amide bonds. The molecule has 0 radical (unpaired) electrons. The van der Waals surface area contributed by atoms with Crippen molar-refractivity contribution in [3.8, 4) is 0 Å². The van der Waals surface area contributed by atoms with Gasteiger partial charge in [-0.05, 0) is 25.8 Å². The van der Waals surface area contributed by atoms with Crippen LogP contribution < -0.4 is 11.5 Å². The smallest absolute Gasteiger partial charge is 0.0147 e. The molecule has 0 bridgehead atoms. The van der Waals surface area contributed by atoms with E-state index >= 15 is 0 Å². The fourth-order valence-corrected chi connectivity index (χ4v) is 1.62. The Hall–Kier alpha value is -0.160. The zero-order valence-electron chi connectivity index (χ0n) is 10.6. The molecule has 0 saturated carbocycles. The normalized spacial score (nSPS) is 13.8. The predicted molar refractivity (Wildman–Crippen MR) is 66.4 cm³/mol. The first-order valence-electron chi connectivity index (χ1n) is 5.99. The first-order valence-corrected chi connectivity index (χ1v) is 5.99. The van der Waals surface area contributed by atoms with Crippen LogP contribution in [-0.2, 0) is 0 Å². The van der Waals surface area contributed by atoms with E-state index in [1.54, 1.807) is 0 Å². The van der Waals surface area contributed by atoms with Gasteiger partial charge in [-0.2, -0.15) is 0 Å². The first kappa shape index (κ1) is 14.8. The largest absolute Gasteiger partial charge is 0.330 e. The fourth-order valence-electron chi connectivity index (χ4n) is 1.62. The molecule has 0 aliphatic carbocycles. The van der Waals surface area contributed by atoms with Crippen molar-refractivity contribution < 1.29 is 0 Å². The van der Waals surface area contributed by atoms with Gasteiger partial charge in [0.1, 0.15) is 0 Å². The molecule has 0 aliphatic heterocycles. The summed E-state index contributed by atoms with van der Waals surface area (Å²) >= 11 is 0. The van der Waals surface area contributed by atoms with Crippen LogP contribution in [-0.4, -0.2) is 49.8 Å². The molecule has 92 valence electrons. The van der Waals surface area contributed by atoms with Crippen molar-refractivity contribution in [2.75, 3.05) is 33.7 Å². The minimum absolute atomic E-state index is 0.343. The molecule has 4 heteroatoms. The number of hydrogen-bond acceptors (Lipinski definition) is 4. The number of rotatable bonds is 9. The van der Waals surface area contributed by atoms with Crippen molar-refractivity contribution >= 4 is 0 Å². The van der Waals surface area contributed by atoms with Crippen LogP contribution in [0.3, 0.4) is 0 Å². The van der Waals surface area contributed by atoms with E-state index in [-0.39, 0.29) is 0 Å². The number of nitrogens with zero attached hydrogens (tertiary/aromatic N) is 2. The Kier molecular flexibility index (Phi) is 9.00. The molecule has 1 atom stereocenters. The van der Waals surface area contributed by atoms with Crippen molar-refractivity contribution in [2.24, 2.45) is 11.5 Å². The summed E-state index contributed by atoms with van der Waals surface area (Å²) in [5.74, 6) is 0. The van der Waals surface area contributed by atoms with Gasteiger partial charge in [0.15, 0.2) is 0 Å². The van der Waals surface area contributed by atoms with E-state index in [0.717, 1.165) is 38.9 Å². The second kappa shape index (κ2) is 9.09. The van der Waals surface area contributed by atoms with E-state index in [1.165, 1.54) is 6.42 Å². The second-order valence-corrected chi connectivity index (χ2v) is 4.28. The van der Waals surface area contributed by atoms with Gasteiger partial charge in [-0.15, -0.1) is 0 Å². The molecule has 4 nitrogen and oxygen atoms in total. The van der Waals surface area contributed by atoms with Crippen molar-refractivity contribution in [1.82, 2.24) is 10.0 Å². The predicted octanol–water partition coefficient (Wildman–Crippen LogP) is 0.631. The van der Waals surface area contributed by atoms with E-state index in [1.807, 2.05) is 0 Å². The molecule has 0 aliphatic rings. The van der Waals surface area contributed by atoms with Gasteiger partial charge in [0.2, 0.25) is 0 Å². The number of nitrogens with two attached hydrogens (primary N) is 2. The third kappa shape index (κ3) is 7.73. The van der Waals surface area contributed by atoms with Gasteiger partial charge in [-0.1, -0.05) is 13.3 Å². The van der Waals surface area contributed by atoms with Gasteiger partial charge in [0, 0.05) is 33.2 Å². The summed E-state index contributed by atoms with van der Waals surface area (Å²) in [4.78, 5) is 0. The van der Waals surface area contributed by atoms with Crippen molar-refractivity contribution in [1.29, 1.82) is 0 Å². The van der Waals surface area contributed by atoms with Gasteiger partial charge in [-0.25, -0.2) is 10.0 Å². The first-order chi connectivity index (χ1) is 7.11. The highest BCUT2D eigenvalue weighted by Crippen LogP contribution is 2.02. The molecule has 0 fully saturated rings. The van der Waals surface area contributed by atoms with Crippen molar-refractivity contribution in [3.05, 3.63) is 0 Å². The molecule has 0 aromatic carbocycles. The summed E-state index contributed by atoms with van der Waals surface area (Å²) in [6.45, 7) is 5.00. The van der Waals surface area contributed by atoms with Crippen LogP contribution in [0, 0.1) is 0 Å². The maximum Gasteiger partial charge on any atom is 0.0147 e. The van der Waals surface area contributed by atoms with E-state index in [9.17, 15) is 0 Å². The van der Waals surface area contributed by atoms with Crippen LogP contribution >= 0.6 is 0 Å². The third-order valence-corrected chi connectivity index (χ3v) is 2.60. The molecule has 0 rings (SSSR count). The van der Waals surface area contributed by atoms with Crippen molar-refractivity contribution in [2.45, 2.75) is 38.6 Å². The molecular formula is C11H28N4. The van der Waals surface area contributed by atoms with Gasteiger partial charge < -0.3 is 11.5 Å². The van der Waals surface area contributed by atoms with Gasteiger partial charge in [0.05, 0.1) is 0 Å². The lowest BCUT2D eigenvalue weighted by atomic mass is 10.1. The van der Waals surface area contributed by atoms with E-state index in [0.29, 0.717) is 6.04 Å². The Morgan fingerprint density at radius 2 is 1.80 bits per heavy atom. The van der Waals surface area contributed by atoms with E-state index in [4.69, 9.17) is 11.5 Å². The fraction of sp³-hybridized carbons (Fsp3) is 1.00. The molecule has 0 heterocycles. The standard InChI is InChI=1S/C11H28N4/c1-4-6-11(13)7-10-15(14(2)3)9-5-8-12/h11H,4-10,12-13H2,1-3H3. The van der Waals surface area contributed by atoms with E-state index < -0.39 is 0 Å². The van der Waals surface area contributed by atoms with E-state index in [2.05, 4.69) is 31.0 Å². The summed E-state index contributed by atoms with van der Waals surface area (Å²) < 4.78 is 0. The lowest BCUT2D eigenvalue weighted by Crippen LogP contribution is -2.41. The minimum atomic E-state index is 0.343. The lowest BCUT2D eigenvalue weighted by molar-refractivity contribution is 0.0216. The molecule has 1 unspecified atom stereocenters. The molecule has 0 saturated heterocycles. The second-order valence-electron chi connectivity index (χ2n) is 4.28. The average molecular weight is 216 g/mol. The Balaban J connectivity index is 3.74. The third-order valence-electron chi connectivity index (χ3n) is 2.60. The molecular weight excluding hydrogens is 188 g/mol. The Morgan fingerprint density at radius 3 is 2.27 bits per heavy atom. The van der Waals surface area contributed by atoms with Gasteiger partial charge in [-0.3, -0.25) is 0 Å². The number of hydrazine groups is 1. The zero-order chi connectivity index (χ0) is 11.7. The highest BCUT2D eigenvalue weighted by molar-refractivity contribution is 4.63. The summed E-state index contributed by atoms with van der Waals surface area (Å²) in [6.07, 6.45) is 4.40. The van der Waals surface area contributed by atoms with Gasteiger partial charge in [0.25, 0.3) is 0 Å². The quantitative estimate of drug-likeness (QED) is 0.555. The summed E-state index contributed by atoms with van der Waals surface area (Å²) in [6, 6.07) is 0.343. The molecule has 0 aromatic rings. The number of hydrogen-bond donors (Lipinski definition) is 2. The Morgan fingerprint density at radius 1 is 1.13 bits per heavy atom. The molecule has 0 spiro atoms. The van der Waals surface area contributed by atoms with Gasteiger partial charge >= 0.3 is 0 Å². The molecule has 15 heavy (non-hydrogen) atoms. The maximum absolute atomic E-state index is 5.99. The summed E-state index contributed by atoms with van der Waals surface area (Å²) in [7, 11) is 4.14. The van der Waals surface area contributed by atoms with Crippen LogP contribution in [0.2, 0.25) is 0 Å². The Bertz CT molecular complexity index is 139. The molecule has 4 N–H and O–H groups in total. The summed E-state index contributed by atoms with van der Waals surface area (Å²) in [5, 5.41) is 4.44. The minimum Gasteiger partial charge on any atom is -0.330 e. The monoisotopic (exact) mass is 216 g/mol. The van der Waals surface area contributed by atoms with Crippen LogP contribution in [0.1, 0.15) is 32.6 Å². The van der Waals surface area contributed by atoms with Crippen molar-refractivity contribution in [3.63, 3.8) is 0 Å². The zero-order valence-corrected chi connectivity index (χ0v) is 10.6. The lowest BCUT2D eigenvalue weighted by Gasteiger charge is -2.29. The molecule has 0 aromatic heterocycles. The topological polar surface area (TPSA) is 58.5 Å². The Labute approximate surface area is 94.6 Å². The average Bonchev–Trinajstić information content (AvgIpc) is 2.17. The highest BCUT2D eigenvalue weighted by Gasteiger charge is 2.09.